The van der Waals surface area contributed by atoms with Crippen LogP contribution in [0.4, 0.5) is 0 Å². The van der Waals surface area contributed by atoms with Gasteiger partial charge in [0.05, 0.1) is 0 Å². The lowest BCUT2D eigenvalue weighted by Gasteiger charge is -2.18. The molecular formula is C67H110O6. The lowest BCUT2D eigenvalue weighted by molar-refractivity contribution is -0.167. The Morgan fingerprint density at radius 1 is 0.288 bits per heavy atom. The summed E-state index contributed by atoms with van der Waals surface area (Å²) in [6.07, 6.45) is 83.8. The van der Waals surface area contributed by atoms with Crippen molar-refractivity contribution >= 4 is 17.9 Å². The van der Waals surface area contributed by atoms with Gasteiger partial charge in [-0.3, -0.25) is 14.4 Å². The van der Waals surface area contributed by atoms with Crippen LogP contribution in [-0.4, -0.2) is 37.2 Å². The summed E-state index contributed by atoms with van der Waals surface area (Å²) in [5.74, 6) is -0.936. The van der Waals surface area contributed by atoms with Crippen molar-refractivity contribution in [1.82, 2.24) is 0 Å². The number of carbonyl (C=O) groups excluding carboxylic acids is 3. The van der Waals surface area contributed by atoms with Crippen LogP contribution >= 0.6 is 0 Å². The van der Waals surface area contributed by atoms with Crippen LogP contribution in [0.25, 0.3) is 0 Å². The Labute approximate surface area is 450 Å². The number of ether oxygens (including phenoxy) is 3. The molecule has 0 aliphatic rings. The molecular weight excluding hydrogens is 901 g/mol. The van der Waals surface area contributed by atoms with Crippen molar-refractivity contribution in [2.24, 2.45) is 0 Å². The minimum Gasteiger partial charge on any atom is -0.462 e. The van der Waals surface area contributed by atoms with E-state index in [0.717, 1.165) is 141 Å². The largest absolute Gasteiger partial charge is 0.462 e. The van der Waals surface area contributed by atoms with E-state index in [2.05, 4.69) is 142 Å². The van der Waals surface area contributed by atoms with Crippen LogP contribution in [0.2, 0.25) is 0 Å². The predicted molar refractivity (Wildman–Crippen MR) is 316 cm³/mol. The molecule has 0 heterocycles. The molecule has 0 aliphatic heterocycles. The molecule has 0 saturated carbocycles. The summed E-state index contributed by atoms with van der Waals surface area (Å²) in [5, 5.41) is 0. The predicted octanol–water partition coefficient (Wildman–Crippen LogP) is 20.4. The molecule has 414 valence electrons. The second-order valence-electron chi connectivity index (χ2n) is 19.5. The van der Waals surface area contributed by atoms with Crippen LogP contribution in [0.15, 0.2) is 122 Å². The van der Waals surface area contributed by atoms with Gasteiger partial charge in [-0.1, -0.05) is 251 Å². The first kappa shape index (κ1) is 68.8. The second kappa shape index (κ2) is 60.4. The molecule has 1 unspecified atom stereocenters. The van der Waals surface area contributed by atoms with Gasteiger partial charge < -0.3 is 14.2 Å². The number of hydrogen-bond acceptors (Lipinski definition) is 6. The van der Waals surface area contributed by atoms with E-state index in [1.807, 2.05) is 0 Å². The van der Waals surface area contributed by atoms with E-state index in [-0.39, 0.29) is 31.1 Å². The fourth-order valence-electron chi connectivity index (χ4n) is 7.96. The van der Waals surface area contributed by atoms with Crippen LogP contribution in [0.3, 0.4) is 0 Å². The monoisotopic (exact) mass is 1010 g/mol. The molecule has 0 aromatic carbocycles. The van der Waals surface area contributed by atoms with Gasteiger partial charge in [-0.05, 0) is 116 Å². The van der Waals surface area contributed by atoms with Crippen LogP contribution in [0.5, 0.6) is 0 Å². The van der Waals surface area contributed by atoms with E-state index >= 15 is 0 Å². The summed E-state index contributed by atoms with van der Waals surface area (Å²) in [6, 6.07) is 0. The molecule has 0 aliphatic carbocycles. The van der Waals surface area contributed by atoms with Crippen LogP contribution in [0, 0.1) is 0 Å². The number of allylic oxidation sites excluding steroid dienone is 20. The molecule has 0 spiro atoms. The molecule has 6 nitrogen and oxygen atoms in total. The molecule has 0 amide bonds. The average Bonchev–Trinajstić information content (AvgIpc) is 3.39. The summed E-state index contributed by atoms with van der Waals surface area (Å²) in [6.45, 7) is 6.41. The zero-order valence-electron chi connectivity index (χ0n) is 47.4. The van der Waals surface area contributed by atoms with Gasteiger partial charge in [0.2, 0.25) is 0 Å². The van der Waals surface area contributed by atoms with Crippen LogP contribution in [0.1, 0.15) is 265 Å². The molecule has 0 bridgehead atoms. The van der Waals surface area contributed by atoms with Crippen molar-refractivity contribution in [1.29, 1.82) is 0 Å². The standard InChI is InChI=1S/C67H110O6/c1-4-7-10-13-15-17-19-21-23-25-27-29-30-31-32-33-34-35-36-38-39-41-43-45-47-49-51-54-57-60-66(69)72-63-64(62-71-65(68)59-56-53-12-9-6-3)73-67(70)61-58-55-52-50-48-46-44-42-40-37-28-26-24-22-20-18-16-14-11-8-5-2/h7,10,15,17,20-23,26-29,31-32,34-35,38-39,43,45,64H,4-6,8-9,11-14,16,18-19,24-25,30,33,36-37,40-42,44,46-63H2,1-3H3/b10-7-,17-15-,22-20-,23-21-,28-26-,29-27-,32-31-,35-34-,39-38-,45-43-. The summed E-state index contributed by atoms with van der Waals surface area (Å²) < 4.78 is 16.7. The highest BCUT2D eigenvalue weighted by Crippen LogP contribution is 2.14. The first-order valence-electron chi connectivity index (χ1n) is 30.0. The number of hydrogen-bond donors (Lipinski definition) is 0. The highest BCUT2D eigenvalue weighted by Gasteiger charge is 2.19. The second-order valence-corrected chi connectivity index (χ2v) is 19.5. The number of rotatable bonds is 53. The molecule has 1 atom stereocenters. The summed E-state index contributed by atoms with van der Waals surface area (Å²) in [4.78, 5) is 37.9. The van der Waals surface area contributed by atoms with Gasteiger partial charge in [0.1, 0.15) is 13.2 Å². The topological polar surface area (TPSA) is 78.9 Å². The SMILES string of the molecule is CC/C=C\C/C=C\C/C=C\C/C=C\C/C=C\C/C=C\C/C=C\C/C=C\CCCCCCC(=O)OCC(COC(=O)CCCCCCC)OC(=O)CCCCCCCCCCC/C=C\C/C=C\CCCCCCC. The molecule has 0 saturated heterocycles. The van der Waals surface area contributed by atoms with Gasteiger partial charge in [0, 0.05) is 19.3 Å². The van der Waals surface area contributed by atoms with E-state index < -0.39 is 6.10 Å². The third-order valence-electron chi connectivity index (χ3n) is 12.5. The number of carbonyl (C=O) groups is 3. The van der Waals surface area contributed by atoms with Gasteiger partial charge in [-0.2, -0.15) is 0 Å². The van der Waals surface area contributed by atoms with Gasteiger partial charge in [0.25, 0.3) is 0 Å². The van der Waals surface area contributed by atoms with Crippen molar-refractivity contribution in [2.45, 2.75) is 271 Å². The van der Waals surface area contributed by atoms with E-state index in [1.54, 1.807) is 0 Å². The Hall–Kier alpha value is -4.19. The number of esters is 3. The molecule has 6 heteroatoms. The van der Waals surface area contributed by atoms with Gasteiger partial charge >= 0.3 is 17.9 Å². The summed E-state index contributed by atoms with van der Waals surface area (Å²) in [7, 11) is 0. The van der Waals surface area contributed by atoms with Crippen molar-refractivity contribution in [2.75, 3.05) is 13.2 Å². The van der Waals surface area contributed by atoms with Crippen molar-refractivity contribution in [3.63, 3.8) is 0 Å². The van der Waals surface area contributed by atoms with Gasteiger partial charge in [-0.25, -0.2) is 0 Å². The Bertz CT molecular complexity index is 1540. The fourth-order valence-corrected chi connectivity index (χ4v) is 7.96. The van der Waals surface area contributed by atoms with Crippen molar-refractivity contribution in [3.05, 3.63) is 122 Å². The molecule has 0 radical (unpaired) electrons. The third kappa shape index (κ3) is 58.6. The first-order chi connectivity index (χ1) is 36.0. The van der Waals surface area contributed by atoms with E-state index in [0.29, 0.717) is 19.3 Å². The fraction of sp³-hybridized carbons (Fsp3) is 0.657. The minimum absolute atomic E-state index is 0.0907. The first-order valence-corrected chi connectivity index (χ1v) is 30.0. The third-order valence-corrected chi connectivity index (χ3v) is 12.5. The highest BCUT2D eigenvalue weighted by atomic mass is 16.6. The van der Waals surface area contributed by atoms with E-state index in [1.165, 1.54) is 83.5 Å². The van der Waals surface area contributed by atoms with Gasteiger partial charge in [-0.15, -0.1) is 0 Å². The van der Waals surface area contributed by atoms with E-state index in [4.69, 9.17) is 14.2 Å². The maximum absolute atomic E-state index is 12.8. The van der Waals surface area contributed by atoms with Crippen molar-refractivity contribution < 1.29 is 28.6 Å². The molecule has 0 fully saturated rings. The van der Waals surface area contributed by atoms with Crippen molar-refractivity contribution in [3.8, 4) is 0 Å². The van der Waals surface area contributed by atoms with Gasteiger partial charge in [0.15, 0.2) is 6.10 Å². The summed E-state index contributed by atoms with van der Waals surface area (Å²) in [5.41, 5.74) is 0. The maximum Gasteiger partial charge on any atom is 0.306 e. The maximum atomic E-state index is 12.8. The lowest BCUT2D eigenvalue weighted by Crippen LogP contribution is -2.30. The molecule has 0 N–H and O–H groups in total. The highest BCUT2D eigenvalue weighted by molar-refractivity contribution is 5.71. The summed E-state index contributed by atoms with van der Waals surface area (Å²) >= 11 is 0. The van der Waals surface area contributed by atoms with E-state index in [9.17, 15) is 14.4 Å². The zero-order valence-corrected chi connectivity index (χ0v) is 47.4. The zero-order chi connectivity index (χ0) is 52.9. The number of unbranched alkanes of at least 4 members (excludes halogenated alkanes) is 22. The Morgan fingerprint density at radius 3 is 0.836 bits per heavy atom. The normalized spacial score (nSPS) is 13.0. The Kier molecular flexibility index (Phi) is 56.9. The smallest absolute Gasteiger partial charge is 0.306 e. The van der Waals surface area contributed by atoms with Crippen LogP contribution < -0.4 is 0 Å². The minimum atomic E-state index is -0.791. The van der Waals surface area contributed by atoms with Crippen LogP contribution in [-0.2, 0) is 28.6 Å². The molecule has 0 aromatic heterocycles. The molecule has 0 aromatic rings. The Balaban J connectivity index is 4.18. The molecule has 0 rings (SSSR count). The Morgan fingerprint density at radius 2 is 0.534 bits per heavy atom. The quantitative estimate of drug-likeness (QED) is 0.0261. The average molecular weight is 1010 g/mol. The molecule has 73 heavy (non-hydrogen) atoms. The lowest BCUT2D eigenvalue weighted by atomic mass is 10.1.